The molecule has 23 nitrogen and oxygen atoms in total. The van der Waals surface area contributed by atoms with E-state index >= 15 is 0 Å². The molecule has 0 saturated carbocycles. The van der Waals surface area contributed by atoms with Crippen LogP contribution < -0.4 is 17.0 Å². The largest absolute Gasteiger partial charge is 2.00 e. The van der Waals surface area contributed by atoms with Gasteiger partial charge in [-0.15, -0.1) is 13.2 Å². The molecule has 1 N–H and O–H groups in total. The number of halogens is 1. The van der Waals surface area contributed by atoms with Crippen LogP contribution in [0.15, 0.2) is 208 Å². The van der Waals surface area contributed by atoms with Crippen LogP contribution in [-0.4, -0.2) is 128 Å². The Kier molecular flexibility index (Phi) is 49.0. The van der Waals surface area contributed by atoms with Crippen molar-refractivity contribution in [2.75, 3.05) is 26.4 Å². The number of hydrogen-bond donors (Lipinski definition) is 1. The second-order valence-electron chi connectivity index (χ2n) is 15.4. The van der Waals surface area contributed by atoms with Crippen molar-refractivity contribution in [1.82, 2.24) is 0 Å². The molecule has 8 aromatic heterocycles. The molecule has 2 saturated heterocycles. The number of allylic oxidation sites excluding steroid dienone is 2. The second-order valence-corrected chi connectivity index (χ2v) is 15.4. The van der Waals surface area contributed by atoms with Crippen LogP contribution in [-0.2, 0) is 51.0 Å². The summed E-state index contributed by atoms with van der Waals surface area (Å²) in [4.78, 5) is 103. The molecular weight excluding hydrogens is 1200 g/mol. The number of ether oxygens (including phenoxy) is 4. The predicted octanol–water partition coefficient (Wildman–Crippen LogP) is 7.88. The van der Waals surface area contributed by atoms with Crippen LogP contribution in [0.4, 0.5) is 0 Å². The van der Waals surface area contributed by atoms with Gasteiger partial charge in [-0.2, -0.15) is 0 Å². The molecule has 10 heterocycles. The first-order valence-corrected chi connectivity index (χ1v) is 25.1. The van der Waals surface area contributed by atoms with Gasteiger partial charge in [0.1, 0.15) is 36.7 Å². The number of rotatable bonds is 19. The summed E-state index contributed by atoms with van der Waals surface area (Å²) in [6.07, 6.45) is 19.9. The zero-order chi connectivity index (χ0) is 61.8. The number of carboxylic acids is 1. The van der Waals surface area contributed by atoms with Crippen molar-refractivity contribution in [2.45, 2.75) is 64.4 Å². The normalized spacial score (nSPS) is 11.2. The minimum atomic E-state index is -1.03. The number of Topliss-reactive ketones (excluding diaryl/α,β-unsaturated/α-hetero) is 4. The number of ketones is 4. The van der Waals surface area contributed by atoms with Crippen LogP contribution in [0.2, 0.25) is 0 Å². The number of carbonyl (C=O) groups is 10. The molecule has 0 unspecified atom stereocenters. The summed E-state index contributed by atoms with van der Waals surface area (Å²) in [7, 11) is 0. The maximum absolute atomic E-state index is 11.4. The molecule has 456 valence electrons. The van der Waals surface area contributed by atoms with Crippen LogP contribution in [0, 0.1) is 6.92 Å². The Bertz CT molecular complexity index is 2790. The van der Waals surface area contributed by atoms with Crippen molar-refractivity contribution in [3.63, 3.8) is 0 Å². The summed E-state index contributed by atoms with van der Waals surface area (Å²) in [5, 5.41) is 8.18. The Morgan fingerprint density at radius 1 is 0.500 bits per heavy atom. The fourth-order valence-electron chi connectivity index (χ4n) is 5.44. The van der Waals surface area contributed by atoms with E-state index in [0.717, 1.165) is 30.5 Å². The Morgan fingerprint density at radius 3 is 1.16 bits per heavy atom. The van der Waals surface area contributed by atoms with Gasteiger partial charge in [-0.05, 0) is 104 Å². The van der Waals surface area contributed by atoms with Gasteiger partial charge in [0.05, 0.1) is 102 Å². The minimum Gasteiger partial charge on any atom is -1.00 e. The van der Waals surface area contributed by atoms with Crippen LogP contribution in [0.3, 0.4) is 0 Å². The van der Waals surface area contributed by atoms with Crippen LogP contribution in [0.25, 0.3) is 0 Å². The molecule has 2 fully saturated rings. The quantitative estimate of drug-likeness (QED) is 0.0201. The van der Waals surface area contributed by atoms with Crippen LogP contribution in [0.5, 0.6) is 0 Å². The molecule has 0 radical (unpaired) electrons. The zero-order valence-electron chi connectivity index (χ0n) is 47.0. The molecule has 0 aromatic carbocycles. The van der Waals surface area contributed by atoms with Gasteiger partial charge in [0.25, 0.3) is 0 Å². The molecule has 0 amide bonds. The number of hydrogen-bond acceptors (Lipinski definition) is 22. The smallest absolute Gasteiger partial charge is 1.00 e. The SMILES string of the molecule is C=CC.C=CCC(=O)c1ccco1.O=C(CC1OCCO1)c1ccco1.O=C(O)c1ccco1.O=CCC(=O)c1ccco1.O=CCC(=O)c1ccco1.O=CCCc1ccco1.O=CCc1ccco1.O=Cc1ccco1.[Br-].[CH2-]C1OCCO1.[Mg+2]. The summed E-state index contributed by atoms with van der Waals surface area (Å²) >= 11 is 0. The number of furan rings is 8. The maximum Gasteiger partial charge on any atom is 2.00 e. The third kappa shape index (κ3) is 39.0. The average molecular weight is 1270 g/mol. The minimum absolute atomic E-state index is 0. The molecule has 0 bridgehead atoms. The van der Waals surface area contributed by atoms with Gasteiger partial charge in [0.2, 0.25) is 28.9 Å². The zero-order valence-corrected chi connectivity index (χ0v) is 50.0. The first-order valence-electron chi connectivity index (χ1n) is 25.1. The second kappa shape index (κ2) is 53.1. The van der Waals surface area contributed by atoms with Gasteiger partial charge in [-0.25, -0.2) is 4.79 Å². The molecule has 2 aliphatic rings. The van der Waals surface area contributed by atoms with E-state index in [1.54, 1.807) is 85.3 Å². The van der Waals surface area contributed by atoms with Gasteiger partial charge in [0, 0.05) is 25.6 Å². The first-order chi connectivity index (χ1) is 40.8. The molecule has 0 aliphatic carbocycles. The fraction of sp³-hybridized carbons (Fsp3) is 0.230. The molecule has 25 heteroatoms. The molecule has 0 atom stereocenters. The topological polar surface area (TPSA) is 333 Å². The Hall–Kier alpha value is -8.69. The van der Waals surface area contributed by atoms with Gasteiger partial charge in [0.15, 0.2) is 41.4 Å². The number of aromatic carboxylic acids is 1. The Labute approximate surface area is 521 Å². The summed E-state index contributed by atoms with van der Waals surface area (Å²) < 4.78 is 58.1. The summed E-state index contributed by atoms with van der Waals surface area (Å²) in [6, 6.07) is 26.4. The van der Waals surface area contributed by atoms with E-state index in [9.17, 15) is 47.9 Å². The van der Waals surface area contributed by atoms with E-state index in [0.29, 0.717) is 81.8 Å². The van der Waals surface area contributed by atoms with Crippen LogP contribution in [0.1, 0.15) is 114 Å². The van der Waals surface area contributed by atoms with E-state index in [-0.39, 0.29) is 106 Å². The molecular formula is C61H65BrMgO23. The van der Waals surface area contributed by atoms with E-state index < -0.39 is 12.3 Å². The van der Waals surface area contributed by atoms with Gasteiger partial charge in [-0.3, -0.25) is 30.9 Å². The summed E-state index contributed by atoms with van der Waals surface area (Å²) in [5.74, 6) is 1.50. The number of aldehydes is 5. The van der Waals surface area contributed by atoms with Crippen molar-refractivity contribution < 1.29 is 124 Å². The Morgan fingerprint density at radius 2 is 0.872 bits per heavy atom. The van der Waals surface area contributed by atoms with Gasteiger partial charge in [-0.1, -0.05) is 12.2 Å². The number of carboxylic acid groups (broad SMARTS) is 1. The summed E-state index contributed by atoms with van der Waals surface area (Å²) in [6.45, 7) is 14.7. The molecule has 0 spiro atoms. The van der Waals surface area contributed by atoms with Crippen molar-refractivity contribution in [1.29, 1.82) is 0 Å². The van der Waals surface area contributed by atoms with E-state index in [1.807, 2.05) is 19.1 Å². The number of aryl methyl sites for hydroxylation is 1. The summed E-state index contributed by atoms with van der Waals surface area (Å²) in [5.41, 5.74) is 0. The van der Waals surface area contributed by atoms with Crippen molar-refractivity contribution in [3.8, 4) is 0 Å². The molecule has 2 aliphatic heterocycles. The average Bonchev–Trinajstić information content (AvgIpc) is 4.38. The Balaban J connectivity index is 0. The maximum atomic E-state index is 11.4. The molecule has 8 aromatic rings. The van der Waals surface area contributed by atoms with Crippen molar-refractivity contribution in [3.05, 3.63) is 225 Å². The van der Waals surface area contributed by atoms with Crippen molar-refractivity contribution >= 4 is 83.6 Å². The van der Waals surface area contributed by atoms with Crippen LogP contribution >= 0.6 is 0 Å². The molecule has 10 rings (SSSR count). The monoisotopic (exact) mass is 1270 g/mol. The molecule has 86 heavy (non-hydrogen) atoms. The van der Waals surface area contributed by atoms with Crippen molar-refractivity contribution in [2.24, 2.45) is 0 Å². The number of carbonyl (C=O) groups excluding carboxylic acids is 9. The van der Waals surface area contributed by atoms with Gasteiger partial charge >= 0.3 is 29.0 Å². The standard InChI is InChI=1S/C9H10O4.C8H8O2.2C7H6O3.C7H8O2.C6H6O2.C5H4O3.C5H4O2.C4H7O2.C3H6.BrH.Mg/c10-7(8-2-1-3-11-8)6-9-12-4-5-13-9;1-2-4-7(9)8-5-3-6-10-8;2*8-4-3-6(9)7-2-1-5-10-7;8-5-1-3-7-4-2-6-9-7;7-4-3-6-2-1-5-8-6;6-5(7)4-2-1-3-8-4;6-4-5-2-1-3-7-5;1-4-5-2-3-6-4;1-3-2;;/h1-3,9H,4-6H2;2-3,5-6H,1,4H2;2*1-2,4-5H,3H2;2,4-6H,1,3H2;1-2,4-5H,3H2;1-3H,(H,6,7);1-4H;4H,1-3H2;3H,1H2,2H3;1H;/q;;;;;;;;-1;;;+2/p-1. The third-order valence-electron chi connectivity index (χ3n) is 9.13. The van der Waals surface area contributed by atoms with E-state index in [2.05, 4.69) is 28.9 Å². The third-order valence-corrected chi connectivity index (χ3v) is 9.13. The van der Waals surface area contributed by atoms with E-state index in [1.165, 1.54) is 61.8 Å². The first kappa shape index (κ1) is 79.4. The predicted molar refractivity (Wildman–Crippen MR) is 303 cm³/mol. The fourth-order valence-corrected chi connectivity index (χ4v) is 5.44. The van der Waals surface area contributed by atoms with Gasteiger partial charge < -0.3 is 95.6 Å². The van der Waals surface area contributed by atoms with E-state index in [4.69, 9.17) is 50.6 Å².